The average Bonchev–Trinajstić information content (AvgIpc) is 2.11. The van der Waals surface area contributed by atoms with Crippen LogP contribution in [-0.4, -0.2) is 0 Å². The van der Waals surface area contributed by atoms with Crippen molar-refractivity contribution in [3.05, 3.63) is 34.9 Å². The first kappa shape index (κ1) is 13.6. The smallest absolute Gasteiger partial charge is 0.0582 e. The van der Waals surface area contributed by atoms with Gasteiger partial charge in [-0.25, -0.2) is 0 Å². The van der Waals surface area contributed by atoms with E-state index in [1.807, 2.05) is 0 Å². The molecule has 0 bridgehead atoms. The lowest BCUT2D eigenvalue weighted by Crippen LogP contribution is -2.23. The van der Waals surface area contributed by atoms with Crippen LogP contribution in [-0.2, 0) is 16.2 Å². The minimum atomic E-state index is 0.0213. The zero-order chi connectivity index (χ0) is 15.2. The maximum absolute atomic E-state index is 8.35. The number of hydrogen-bond acceptors (Lipinski definition) is 0. The highest BCUT2D eigenvalue weighted by Crippen LogP contribution is 2.36. The van der Waals surface area contributed by atoms with Crippen LogP contribution >= 0.6 is 0 Å². The van der Waals surface area contributed by atoms with Crippen molar-refractivity contribution in [1.82, 2.24) is 0 Å². The second-order valence-electron chi connectivity index (χ2n) is 8.42. The highest BCUT2D eigenvalue weighted by molar-refractivity contribution is 5.42. The van der Waals surface area contributed by atoms with E-state index in [2.05, 4.69) is 74.4 Å². The Morgan fingerprint density at radius 2 is 1.17 bits per heavy atom. The lowest BCUT2D eigenvalue weighted by Gasteiger charge is -2.32. The van der Waals surface area contributed by atoms with Crippen molar-refractivity contribution in [2.24, 2.45) is 0 Å². The van der Waals surface area contributed by atoms with Gasteiger partial charge in [0.05, 0.1) is 1.37 Å². The summed E-state index contributed by atoms with van der Waals surface area (Å²) in [4.78, 5) is 0. The van der Waals surface area contributed by atoms with Gasteiger partial charge in [-0.15, -0.1) is 0 Å². The van der Waals surface area contributed by atoms with E-state index < -0.39 is 0 Å². The quantitative estimate of drug-likeness (QED) is 0.561. The van der Waals surface area contributed by atoms with Crippen LogP contribution in [0.5, 0.6) is 0 Å². The van der Waals surface area contributed by atoms with Crippen LogP contribution in [0.25, 0.3) is 0 Å². The number of hydrogen-bond donors (Lipinski definition) is 0. The largest absolute Gasteiger partial charge is 0.0626 e. The maximum atomic E-state index is 8.35. The Labute approximate surface area is 115 Å². The molecule has 0 aliphatic heterocycles. The zero-order valence-corrected chi connectivity index (χ0v) is 13.7. The van der Waals surface area contributed by atoms with E-state index in [1.165, 1.54) is 11.1 Å². The first-order valence-corrected chi connectivity index (χ1v) is 6.90. The van der Waals surface area contributed by atoms with Gasteiger partial charge in [-0.05, 0) is 32.9 Å². The van der Waals surface area contributed by atoms with Crippen molar-refractivity contribution in [2.45, 2.75) is 78.6 Å². The highest BCUT2D eigenvalue weighted by Gasteiger charge is 2.26. The summed E-state index contributed by atoms with van der Waals surface area (Å²) < 4.78 is 8.35. The molecule has 0 fully saturated rings. The number of benzene rings is 1. The molecule has 0 heterocycles. The van der Waals surface area contributed by atoms with Gasteiger partial charge in [-0.3, -0.25) is 0 Å². The Kier molecular flexibility index (Phi) is 3.34. The molecule has 1 rings (SSSR count). The molecule has 0 aliphatic rings. The molecule has 0 saturated carbocycles. The summed E-state index contributed by atoms with van der Waals surface area (Å²) in [6.45, 7) is 20.0. The molecular weight excluding hydrogens is 216 g/mol. The van der Waals surface area contributed by atoms with Crippen LogP contribution in [0.3, 0.4) is 0 Å². The number of rotatable bonds is 0. The van der Waals surface area contributed by atoms with Gasteiger partial charge in [-0.1, -0.05) is 80.5 Å². The van der Waals surface area contributed by atoms with Crippen LogP contribution < -0.4 is 0 Å². The summed E-state index contributed by atoms with van der Waals surface area (Å²) in [5.74, 6) is 0. The predicted molar refractivity (Wildman–Crippen MR) is 82.5 cm³/mol. The van der Waals surface area contributed by atoms with Gasteiger partial charge in [0.25, 0.3) is 0 Å². The monoisotopic (exact) mass is 247 g/mol. The first-order valence-electron chi connectivity index (χ1n) is 7.40. The van der Waals surface area contributed by atoms with E-state index in [4.69, 9.17) is 1.37 Å². The molecule has 102 valence electrons. The third-order valence-electron chi connectivity index (χ3n) is 3.37. The fourth-order valence-corrected chi connectivity index (χ4v) is 2.17. The molecule has 18 heavy (non-hydrogen) atoms. The van der Waals surface area contributed by atoms with Crippen LogP contribution in [0.15, 0.2) is 18.2 Å². The first-order chi connectivity index (χ1) is 8.24. The highest BCUT2D eigenvalue weighted by atomic mass is 14.3. The minimum Gasteiger partial charge on any atom is -0.0582 e. The Morgan fingerprint density at radius 3 is 1.50 bits per heavy atom. The Bertz CT molecular complexity index is 462. The molecule has 0 radical (unpaired) electrons. The summed E-state index contributed by atoms with van der Waals surface area (Å²) in [6, 6.07) is 5.02. The molecule has 0 saturated heterocycles. The van der Waals surface area contributed by atoms with E-state index in [9.17, 15) is 0 Å². The molecule has 0 N–H and O–H groups in total. The SMILES string of the molecule is [2H]c1cc(C(C)(C)C)c(C(C)(C)C)cc1C(C)(C)C. The molecule has 0 nitrogen and oxygen atoms in total. The predicted octanol–water partition coefficient (Wildman–Crippen LogP) is 5.58. The molecule has 0 unspecified atom stereocenters. The van der Waals surface area contributed by atoms with Gasteiger partial charge in [-0.2, -0.15) is 0 Å². The average molecular weight is 247 g/mol. The molecule has 0 heteroatoms. The lowest BCUT2D eigenvalue weighted by molar-refractivity contribution is 0.523. The van der Waals surface area contributed by atoms with Crippen LogP contribution in [0.2, 0.25) is 0 Å². The minimum absolute atomic E-state index is 0.0213. The van der Waals surface area contributed by atoms with Crippen LogP contribution in [0, 0.1) is 0 Å². The topological polar surface area (TPSA) is 0 Å². The molecule has 1 aromatic rings. The molecule has 0 spiro atoms. The Hall–Kier alpha value is -0.780. The lowest BCUT2D eigenvalue weighted by atomic mass is 9.73. The molecule has 1 aromatic carbocycles. The van der Waals surface area contributed by atoms with Crippen LogP contribution in [0.1, 0.15) is 80.4 Å². The van der Waals surface area contributed by atoms with Gasteiger partial charge >= 0.3 is 0 Å². The van der Waals surface area contributed by atoms with E-state index in [0.29, 0.717) is 6.04 Å². The van der Waals surface area contributed by atoms with Gasteiger partial charge in [0.1, 0.15) is 0 Å². The standard InChI is InChI=1S/C18H30/c1-16(2,3)13-10-11-14(17(4,5)6)15(12-13)18(7,8)9/h10-12H,1-9H3/i10D. The van der Waals surface area contributed by atoms with E-state index in [0.717, 1.165) is 5.56 Å². The van der Waals surface area contributed by atoms with E-state index in [1.54, 1.807) is 0 Å². The van der Waals surface area contributed by atoms with Crippen LogP contribution in [0.4, 0.5) is 0 Å². The van der Waals surface area contributed by atoms with Crippen molar-refractivity contribution < 1.29 is 1.37 Å². The van der Waals surface area contributed by atoms with Crippen molar-refractivity contribution in [2.75, 3.05) is 0 Å². The summed E-state index contributed by atoms with van der Waals surface area (Å²) in [7, 11) is 0. The van der Waals surface area contributed by atoms with Crippen molar-refractivity contribution in [3.8, 4) is 0 Å². The Balaban J connectivity index is 3.66. The summed E-state index contributed by atoms with van der Waals surface area (Å²) in [5, 5.41) is 0. The fraction of sp³-hybridized carbons (Fsp3) is 0.667. The Morgan fingerprint density at radius 1 is 0.722 bits per heavy atom. The van der Waals surface area contributed by atoms with Gasteiger partial charge < -0.3 is 0 Å². The maximum Gasteiger partial charge on any atom is 0.0626 e. The molecule has 0 atom stereocenters. The zero-order valence-electron chi connectivity index (χ0n) is 14.7. The summed E-state index contributed by atoms with van der Waals surface area (Å²) in [6.07, 6.45) is 0. The fourth-order valence-electron chi connectivity index (χ4n) is 2.17. The van der Waals surface area contributed by atoms with Crippen molar-refractivity contribution in [1.29, 1.82) is 0 Å². The molecular formula is C18H30. The van der Waals surface area contributed by atoms with Gasteiger partial charge in [0.15, 0.2) is 0 Å². The van der Waals surface area contributed by atoms with Crippen molar-refractivity contribution >= 4 is 0 Å². The third kappa shape index (κ3) is 3.37. The van der Waals surface area contributed by atoms with E-state index >= 15 is 0 Å². The summed E-state index contributed by atoms with van der Waals surface area (Å²) in [5.41, 5.74) is 4.03. The molecule has 0 amide bonds. The molecule has 0 aromatic heterocycles. The van der Waals surface area contributed by atoms with Gasteiger partial charge in [0.2, 0.25) is 0 Å². The third-order valence-corrected chi connectivity index (χ3v) is 3.37. The summed E-state index contributed by atoms with van der Waals surface area (Å²) >= 11 is 0. The second-order valence-corrected chi connectivity index (χ2v) is 8.42. The van der Waals surface area contributed by atoms with Gasteiger partial charge in [0, 0.05) is 0 Å². The van der Waals surface area contributed by atoms with Crippen molar-refractivity contribution in [3.63, 3.8) is 0 Å². The normalized spacial score (nSPS) is 14.6. The molecule has 0 aliphatic carbocycles. The van der Waals surface area contributed by atoms with E-state index in [-0.39, 0.29) is 16.2 Å². The second kappa shape index (κ2) is 4.40.